The van der Waals surface area contributed by atoms with Gasteiger partial charge in [0.25, 0.3) is 0 Å². The Hall–Kier alpha value is -1.32. The van der Waals surface area contributed by atoms with Crippen LogP contribution in [-0.2, 0) is 0 Å². The van der Waals surface area contributed by atoms with Gasteiger partial charge in [0.05, 0.1) is 0 Å². The summed E-state index contributed by atoms with van der Waals surface area (Å²) < 4.78 is 5.05. The van der Waals surface area contributed by atoms with Gasteiger partial charge in [0.15, 0.2) is 0 Å². The molecule has 1 heterocycles. The van der Waals surface area contributed by atoms with E-state index in [9.17, 15) is 0 Å². The van der Waals surface area contributed by atoms with E-state index in [1.807, 2.05) is 23.1 Å². The molecule has 0 radical (unpaired) electrons. The van der Waals surface area contributed by atoms with Gasteiger partial charge < -0.3 is 0 Å². The van der Waals surface area contributed by atoms with Crippen molar-refractivity contribution in [2.24, 2.45) is 0 Å². The molecule has 90 valence electrons. The molecular weight excluding hydrogens is 258 g/mol. The number of hydrogen-bond acceptors (Lipinski definition) is 2. The van der Waals surface area contributed by atoms with Crippen molar-refractivity contribution in [3.05, 3.63) is 54.6 Å². The van der Waals surface area contributed by atoms with Gasteiger partial charge in [-0.2, -0.15) is 0 Å². The highest BCUT2D eigenvalue weighted by atomic mass is 32.2. The lowest BCUT2D eigenvalue weighted by atomic mass is 10.3. The van der Waals surface area contributed by atoms with Crippen molar-refractivity contribution in [1.29, 1.82) is 0 Å². The van der Waals surface area contributed by atoms with Gasteiger partial charge in [-0.05, 0) is 17.8 Å². The fraction of sp³-hybridized carbons (Fsp3) is 0.133. The smallest absolute Gasteiger partial charge is 0.137 e. The number of thioether (sulfide) groups is 1. The first-order chi connectivity index (χ1) is 8.90. The molecule has 0 aliphatic rings. The zero-order valence-corrected chi connectivity index (χ0v) is 11.8. The predicted octanol–water partition coefficient (Wildman–Crippen LogP) is 4.29. The summed E-state index contributed by atoms with van der Waals surface area (Å²) in [7, 11) is 0. The lowest BCUT2D eigenvalue weighted by Crippen LogP contribution is -2.31. The second kappa shape index (κ2) is 5.12. The van der Waals surface area contributed by atoms with Crippen molar-refractivity contribution in [2.45, 2.75) is 11.3 Å². The van der Waals surface area contributed by atoms with Crippen LogP contribution in [0.2, 0.25) is 0 Å². The molecule has 2 aromatic carbocycles. The topological polar surface area (TPSA) is 3.88 Å². The maximum absolute atomic E-state index is 2.36. The Morgan fingerprint density at radius 3 is 2.50 bits per heavy atom. The number of fused-ring (bicyclic) bond motifs is 1. The van der Waals surface area contributed by atoms with E-state index in [0.717, 1.165) is 5.75 Å². The van der Waals surface area contributed by atoms with Crippen molar-refractivity contribution < 1.29 is 4.57 Å². The van der Waals surface area contributed by atoms with Gasteiger partial charge >= 0.3 is 4.34 Å². The second-order valence-electron chi connectivity index (χ2n) is 3.94. The Balaban J connectivity index is 2.28. The SMILES string of the molecule is CCSc1sc2ccccc2[n+]1-c1ccccc1. The van der Waals surface area contributed by atoms with Gasteiger partial charge in [-0.25, -0.2) is 0 Å². The lowest BCUT2D eigenvalue weighted by Gasteiger charge is -1.96. The predicted molar refractivity (Wildman–Crippen MR) is 79.8 cm³/mol. The number of para-hydroxylation sites is 2. The van der Waals surface area contributed by atoms with Crippen LogP contribution in [0.25, 0.3) is 15.9 Å². The normalized spacial score (nSPS) is 10.9. The van der Waals surface area contributed by atoms with Crippen molar-refractivity contribution in [3.8, 4) is 5.69 Å². The quantitative estimate of drug-likeness (QED) is 0.508. The van der Waals surface area contributed by atoms with Crippen LogP contribution in [0.3, 0.4) is 0 Å². The minimum absolute atomic E-state index is 1.10. The van der Waals surface area contributed by atoms with Crippen LogP contribution < -0.4 is 4.57 Å². The molecular formula is C15H14NS2+. The molecule has 3 aromatic rings. The summed E-state index contributed by atoms with van der Waals surface area (Å²) in [5.74, 6) is 1.10. The molecule has 0 unspecified atom stereocenters. The average molecular weight is 272 g/mol. The van der Waals surface area contributed by atoms with E-state index in [-0.39, 0.29) is 0 Å². The first-order valence-corrected chi connectivity index (χ1v) is 7.82. The van der Waals surface area contributed by atoms with Gasteiger partial charge in [0.2, 0.25) is 11.2 Å². The zero-order chi connectivity index (χ0) is 12.4. The molecule has 0 saturated carbocycles. The van der Waals surface area contributed by atoms with Gasteiger partial charge in [-0.15, -0.1) is 4.57 Å². The maximum Gasteiger partial charge on any atom is 0.304 e. The minimum atomic E-state index is 1.10. The number of rotatable bonds is 3. The first-order valence-electron chi connectivity index (χ1n) is 6.02. The molecule has 3 rings (SSSR count). The Morgan fingerprint density at radius 2 is 1.72 bits per heavy atom. The van der Waals surface area contributed by atoms with E-state index in [4.69, 9.17) is 0 Å². The lowest BCUT2D eigenvalue weighted by molar-refractivity contribution is -0.601. The summed E-state index contributed by atoms with van der Waals surface area (Å²) in [6.45, 7) is 2.20. The molecule has 3 heteroatoms. The highest BCUT2D eigenvalue weighted by Gasteiger charge is 2.22. The van der Waals surface area contributed by atoms with Crippen molar-refractivity contribution in [2.75, 3.05) is 5.75 Å². The summed E-state index contributed by atoms with van der Waals surface area (Å²) in [5.41, 5.74) is 2.54. The van der Waals surface area contributed by atoms with Crippen molar-refractivity contribution in [1.82, 2.24) is 0 Å². The molecule has 0 aliphatic heterocycles. The number of nitrogens with zero attached hydrogens (tertiary/aromatic N) is 1. The third-order valence-electron chi connectivity index (χ3n) is 2.77. The molecule has 1 aromatic heterocycles. The fourth-order valence-corrected chi connectivity index (χ4v) is 4.34. The summed E-state index contributed by atoms with van der Waals surface area (Å²) in [5, 5.41) is 0. The van der Waals surface area contributed by atoms with Crippen molar-refractivity contribution >= 4 is 33.3 Å². The van der Waals surface area contributed by atoms with Crippen LogP contribution >= 0.6 is 23.1 Å². The summed E-state index contributed by atoms with van der Waals surface area (Å²) in [6.07, 6.45) is 0. The van der Waals surface area contributed by atoms with Crippen LogP contribution in [0.5, 0.6) is 0 Å². The molecule has 18 heavy (non-hydrogen) atoms. The molecule has 0 saturated heterocycles. The Bertz CT molecular complexity index is 659. The van der Waals surface area contributed by atoms with E-state index < -0.39 is 0 Å². The van der Waals surface area contributed by atoms with E-state index in [0.29, 0.717) is 0 Å². The van der Waals surface area contributed by atoms with E-state index >= 15 is 0 Å². The summed E-state index contributed by atoms with van der Waals surface area (Å²) in [4.78, 5) is 0. The van der Waals surface area contributed by atoms with Crippen LogP contribution in [0.4, 0.5) is 0 Å². The van der Waals surface area contributed by atoms with E-state index in [2.05, 4.69) is 66.1 Å². The van der Waals surface area contributed by atoms with E-state index in [1.54, 1.807) is 0 Å². The molecule has 0 bridgehead atoms. The Morgan fingerprint density at radius 1 is 1.00 bits per heavy atom. The largest absolute Gasteiger partial charge is 0.304 e. The Kier molecular flexibility index (Phi) is 3.35. The van der Waals surface area contributed by atoms with Gasteiger partial charge in [-0.1, -0.05) is 48.6 Å². The summed E-state index contributed by atoms with van der Waals surface area (Å²) in [6, 6.07) is 19.2. The summed E-state index contributed by atoms with van der Waals surface area (Å²) >= 11 is 3.77. The van der Waals surface area contributed by atoms with Crippen LogP contribution in [0.1, 0.15) is 6.92 Å². The average Bonchev–Trinajstić information content (AvgIpc) is 2.78. The van der Waals surface area contributed by atoms with Gasteiger partial charge in [-0.3, -0.25) is 0 Å². The highest BCUT2D eigenvalue weighted by Crippen LogP contribution is 2.29. The molecule has 0 spiro atoms. The minimum Gasteiger partial charge on any atom is -0.137 e. The van der Waals surface area contributed by atoms with Gasteiger partial charge in [0, 0.05) is 24.0 Å². The van der Waals surface area contributed by atoms with Crippen LogP contribution in [0.15, 0.2) is 58.9 Å². The monoisotopic (exact) mass is 272 g/mol. The molecule has 1 nitrogen and oxygen atoms in total. The van der Waals surface area contributed by atoms with Crippen LogP contribution in [0, 0.1) is 0 Å². The molecule has 0 aliphatic carbocycles. The molecule has 0 N–H and O–H groups in total. The number of benzene rings is 2. The molecule has 0 fully saturated rings. The number of hydrogen-bond donors (Lipinski definition) is 0. The Labute approximate surface area is 115 Å². The maximum atomic E-state index is 2.36. The first kappa shape index (κ1) is 11.8. The van der Waals surface area contributed by atoms with Crippen molar-refractivity contribution in [3.63, 3.8) is 0 Å². The fourth-order valence-electron chi connectivity index (χ4n) is 2.01. The van der Waals surface area contributed by atoms with E-state index in [1.165, 1.54) is 20.2 Å². The molecule has 0 atom stereocenters. The zero-order valence-electron chi connectivity index (χ0n) is 10.2. The second-order valence-corrected chi connectivity index (χ2v) is 6.48. The highest BCUT2D eigenvalue weighted by molar-refractivity contribution is 8.00. The van der Waals surface area contributed by atoms with Gasteiger partial charge in [0.1, 0.15) is 4.70 Å². The van der Waals surface area contributed by atoms with Crippen LogP contribution in [-0.4, -0.2) is 5.75 Å². The molecule has 0 amide bonds. The number of thiazole rings is 1. The standard InChI is InChI=1S/C15H14NS2/c1-2-17-15-16(12-8-4-3-5-9-12)13-10-6-7-11-14(13)18-15/h3-11H,2H2,1H3/q+1. The number of aromatic nitrogens is 1. The third-order valence-corrected chi connectivity index (χ3v) is 5.01. The third kappa shape index (κ3) is 2.04.